The number of sulfonamides is 1. The number of pyridine rings is 1. The van der Waals surface area contributed by atoms with Gasteiger partial charge in [-0.15, -0.1) is 11.3 Å². The molecule has 2 aromatic carbocycles. The standard InChI is InChI=1S/C32H31F3N4O5S2/c1-32(2,3)26-16-20(12-15-38(26)31(40)41)30-37-28(29(45-30)19-10-13-36-14-11-19)22-6-5-7-24(27(22)35)39(18-44-4)46(42,43)25-17-21(33)8-9-23(25)34/h5-14,17,26H,15-16,18H2,1-4H3,(H,40,41). The second-order valence-electron chi connectivity index (χ2n) is 11.7. The molecular formula is C32H31F3N4O5S2. The maximum Gasteiger partial charge on any atom is 0.407 e. The van der Waals surface area contributed by atoms with Gasteiger partial charge in [-0.25, -0.2) is 35.7 Å². The lowest BCUT2D eigenvalue weighted by Gasteiger charge is -2.41. The minimum absolute atomic E-state index is 0.0428. The van der Waals surface area contributed by atoms with Crippen LogP contribution in [-0.2, 0) is 14.8 Å². The Morgan fingerprint density at radius 3 is 2.50 bits per heavy atom. The van der Waals surface area contributed by atoms with Crippen LogP contribution in [0.25, 0.3) is 27.3 Å². The van der Waals surface area contributed by atoms with Crippen molar-refractivity contribution in [3.8, 4) is 21.7 Å². The number of aromatic nitrogens is 2. The van der Waals surface area contributed by atoms with E-state index in [1.165, 1.54) is 41.5 Å². The summed E-state index contributed by atoms with van der Waals surface area (Å²) in [4.78, 5) is 21.9. The second kappa shape index (κ2) is 12.9. The lowest BCUT2D eigenvalue weighted by molar-refractivity contribution is 0.0884. The normalized spacial score (nSPS) is 15.5. The third-order valence-electron chi connectivity index (χ3n) is 7.62. The van der Waals surface area contributed by atoms with Gasteiger partial charge in [0.25, 0.3) is 10.0 Å². The van der Waals surface area contributed by atoms with Gasteiger partial charge in [0, 0.05) is 37.7 Å². The van der Waals surface area contributed by atoms with E-state index in [4.69, 9.17) is 9.72 Å². The fourth-order valence-electron chi connectivity index (χ4n) is 5.31. The maximum absolute atomic E-state index is 16.6. The number of methoxy groups -OCH3 is 1. The fraction of sp³-hybridized carbons (Fsp3) is 0.281. The van der Waals surface area contributed by atoms with E-state index in [1.54, 1.807) is 30.6 Å². The molecule has 0 saturated carbocycles. The zero-order valence-electron chi connectivity index (χ0n) is 25.4. The summed E-state index contributed by atoms with van der Waals surface area (Å²) in [5.74, 6) is -3.17. The van der Waals surface area contributed by atoms with Crippen LogP contribution in [0.2, 0.25) is 0 Å². The predicted molar refractivity (Wildman–Crippen MR) is 169 cm³/mol. The highest BCUT2D eigenvalue weighted by Crippen LogP contribution is 2.44. The maximum atomic E-state index is 16.6. The third kappa shape index (κ3) is 6.37. The van der Waals surface area contributed by atoms with Crippen molar-refractivity contribution in [2.24, 2.45) is 5.41 Å². The van der Waals surface area contributed by atoms with E-state index < -0.39 is 50.9 Å². The van der Waals surface area contributed by atoms with Gasteiger partial charge in [-0.3, -0.25) is 4.98 Å². The quantitative estimate of drug-likeness (QED) is 0.196. The summed E-state index contributed by atoms with van der Waals surface area (Å²) in [5.41, 5.74) is 0.803. The molecule has 1 aliphatic heterocycles. The molecule has 0 saturated heterocycles. The number of anilines is 1. The number of thiazole rings is 1. The molecule has 9 nitrogen and oxygen atoms in total. The lowest BCUT2D eigenvalue weighted by Crippen LogP contribution is -2.48. The van der Waals surface area contributed by atoms with E-state index in [0.717, 1.165) is 11.6 Å². The topological polar surface area (TPSA) is 113 Å². The zero-order valence-corrected chi connectivity index (χ0v) is 27.0. The first-order valence-electron chi connectivity index (χ1n) is 14.1. The van der Waals surface area contributed by atoms with Crippen molar-refractivity contribution in [3.63, 3.8) is 0 Å². The molecule has 3 heterocycles. The molecule has 242 valence electrons. The van der Waals surface area contributed by atoms with E-state index >= 15 is 4.39 Å². The molecule has 5 rings (SSSR count). The summed E-state index contributed by atoms with van der Waals surface area (Å²) < 4.78 is 78.0. The van der Waals surface area contributed by atoms with Crippen molar-refractivity contribution >= 4 is 38.7 Å². The molecule has 1 atom stereocenters. The van der Waals surface area contributed by atoms with Gasteiger partial charge in [-0.1, -0.05) is 32.9 Å². The molecule has 1 amide bonds. The molecule has 1 aliphatic rings. The van der Waals surface area contributed by atoms with Crippen LogP contribution >= 0.6 is 11.3 Å². The van der Waals surface area contributed by atoms with Crippen LogP contribution in [0.1, 0.15) is 32.2 Å². The SMILES string of the molecule is COCN(c1cccc(-c2nc(C3=CCN(C(=O)O)C(C(C)(C)C)C3)sc2-c2ccncc2)c1F)S(=O)(=O)c1cc(F)ccc1F. The Balaban J connectivity index is 1.66. The Kier molecular flexibility index (Phi) is 9.25. The van der Waals surface area contributed by atoms with Crippen LogP contribution in [0.5, 0.6) is 0 Å². The number of halogens is 3. The molecule has 1 unspecified atom stereocenters. The minimum Gasteiger partial charge on any atom is -0.465 e. The molecule has 0 bridgehead atoms. The average molecular weight is 673 g/mol. The summed E-state index contributed by atoms with van der Waals surface area (Å²) in [6.07, 6.45) is 4.29. The number of carboxylic acid groups (broad SMARTS) is 1. The Morgan fingerprint density at radius 2 is 1.85 bits per heavy atom. The summed E-state index contributed by atoms with van der Waals surface area (Å²) in [5, 5.41) is 10.4. The van der Waals surface area contributed by atoms with Crippen LogP contribution < -0.4 is 4.31 Å². The van der Waals surface area contributed by atoms with Crippen LogP contribution in [0.4, 0.5) is 23.7 Å². The molecule has 2 aromatic heterocycles. The molecule has 46 heavy (non-hydrogen) atoms. The average Bonchev–Trinajstić information content (AvgIpc) is 3.46. The van der Waals surface area contributed by atoms with Gasteiger partial charge in [0.15, 0.2) is 5.82 Å². The number of hydrogen-bond donors (Lipinski definition) is 1. The fourth-order valence-corrected chi connectivity index (χ4v) is 7.90. The Bertz CT molecular complexity index is 1910. The Labute approximate surface area is 268 Å². The van der Waals surface area contributed by atoms with E-state index in [0.29, 0.717) is 38.3 Å². The number of carbonyl (C=O) groups is 1. The highest BCUT2D eigenvalue weighted by atomic mass is 32.2. The van der Waals surface area contributed by atoms with Crippen LogP contribution in [0.15, 0.2) is 71.9 Å². The molecule has 0 fully saturated rings. The zero-order chi connectivity index (χ0) is 33.4. The van der Waals surface area contributed by atoms with Crippen LogP contribution in [0, 0.1) is 22.9 Å². The molecule has 0 radical (unpaired) electrons. The number of nitrogens with zero attached hydrogens (tertiary/aromatic N) is 4. The predicted octanol–water partition coefficient (Wildman–Crippen LogP) is 7.27. The summed E-state index contributed by atoms with van der Waals surface area (Å²) in [7, 11) is -3.64. The third-order valence-corrected chi connectivity index (χ3v) is 10.6. The number of ether oxygens (including phenoxy) is 1. The molecule has 4 aromatic rings. The summed E-state index contributed by atoms with van der Waals surface area (Å²) in [6, 6.07) is 9.18. The lowest BCUT2D eigenvalue weighted by atomic mass is 9.80. The first-order chi connectivity index (χ1) is 21.7. The smallest absolute Gasteiger partial charge is 0.407 e. The van der Waals surface area contributed by atoms with Gasteiger partial charge < -0.3 is 14.7 Å². The van der Waals surface area contributed by atoms with Crippen molar-refractivity contribution in [3.05, 3.63) is 89.5 Å². The Hall–Kier alpha value is -4.27. The van der Waals surface area contributed by atoms with Crippen molar-refractivity contribution in [2.75, 3.05) is 24.7 Å². The van der Waals surface area contributed by atoms with Crippen LogP contribution in [-0.4, -0.2) is 60.9 Å². The van der Waals surface area contributed by atoms with Gasteiger partial charge in [0.1, 0.15) is 28.3 Å². The van der Waals surface area contributed by atoms with Crippen LogP contribution in [0.3, 0.4) is 0 Å². The number of benzene rings is 2. The molecular weight excluding hydrogens is 642 g/mol. The largest absolute Gasteiger partial charge is 0.465 e. The molecule has 14 heteroatoms. The van der Waals surface area contributed by atoms with Gasteiger partial charge in [-0.2, -0.15) is 0 Å². The molecule has 0 spiro atoms. The number of amides is 1. The van der Waals surface area contributed by atoms with Gasteiger partial charge in [-0.05, 0) is 65.4 Å². The van der Waals surface area contributed by atoms with Crippen molar-refractivity contribution in [1.29, 1.82) is 0 Å². The van der Waals surface area contributed by atoms with Crippen molar-refractivity contribution in [1.82, 2.24) is 14.9 Å². The molecule has 0 aliphatic carbocycles. The summed E-state index contributed by atoms with van der Waals surface area (Å²) >= 11 is 1.29. The minimum atomic E-state index is -4.83. The first kappa shape index (κ1) is 33.1. The van der Waals surface area contributed by atoms with E-state index in [1.807, 2.05) is 20.8 Å². The Morgan fingerprint density at radius 1 is 1.13 bits per heavy atom. The van der Waals surface area contributed by atoms with Crippen molar-refractivity contribution in [2.45, 2.75) is 38.1 Å². The highest BCUT2D eigenvalue weighted by molar-refractivity contribution is 7.92. The number of rotatable bonds is 8. The molecule has 1 N–H and O–H groups in total. The van der Waals surface area contributed by atoms with E-state index in [9.17, 15) is 27.1 Å². The van der Waals surface area contributed by atoms with E-state index in [2.05, 4.69) is 4.98 Å². The monoisotopic (exact) mass is 672 g/mol. The second-order valence-corrected chi connectivity index (χ2v) is 14.5. The van der Waals surface area contributed by atoms with E-state index in [-0.39, 0.29) is 29.3 Å². The number of hydrogen-bond acceptors (Lipinski definition) is 7. The highest BCUT2D eigenvalue weighted by Gasteiger charge is 2.37. The van der Waals surface area contributed by atoms with Gasteiger partial charge in [0.05, 0.1) is 16.3 Å². The summed E-state index contributed by atoms with van der Waals surface area (Å²) in [6.45, 7) is 5.34. The van der Waals surface area contributed by atoms with Crippen molar-refractivity contribution < 1.29 is 36.2 Å². The van der Waals surface area contributed by atoms with Gasteiger partial charge in [0.2, 0.25) is 0 Å². The van der Waals surface area contributed by atoms with Gasteiger partial charge >= 0.3 is 6.09 Å². The first-order valence-corrected chi connectivity index (χ1v) is 16.4.